The minimum absolute atomic E-state index is 0.0687. The third kappa shape index (κ3) is 6.11. The van der Waals surface area contributed by atoms with Crippen molar-refractivity contribution >= 4 is 17.3 Å². The van der Waals surface area contributed by atoms with E-state index in [9.17, 15) is 15.4 Å². The number of ether oxygens (including phenoxy) is 2. The zero-order chi connectivity index (χ0) is 24.5. The van der Waals surface area contributed by atoms with Crippen LogP contribution in [0, 0.1) is 28.4 Å². The summed E-state index contributed by atoms with van der Waals surface area (Å²) < 4.78 is 12.1. The quantitative estimate of drug-likeness (QED) is 0.112. The lowest BCUT2D eigenvalue weighted by Crippen LogP contribution is -2.03. The Hall–Kier alpha value is -4.37. The van der Waals surface area contributed by atoms with Gasteiger partial charge in [0.15, 0.2) is 11.5 Å². The number of allylic oxidation sites excluding steroid dienone is 2. The van der Waals surface area contributed by atoms with Crippen LogP contribution in [0.2, 0.25) is 0 Å². The van der Waals surface area contributed by atoms with Gasteiger partial charge in [-0.1, -0.05) is 48.0 Å². The molecule has 3 aromatic rings. The van der Waals surface area contributed by atoms with Gasteiger partial charge >= 0.3 is 0 Å². The molecule has 0 saturated carbocycles. The molecule has 0 radical (unpaired) electrons. The summed E-state index contributed by atoms with van der Waals surface area (Å²) in [5.74, 6) is 1.20. The van der Waals surface area contributed by atoms with Crippen LogP contribution in [0.25, 0.3) is 11.6 Å². The highest BCUT2D eigenvalue weighted by Gasteiger charge is 2.15. The molecule has 0 amide bonds. The fourth-order valence-corrected chi connectivity index (χ4v) is 3.47. The van der Waals surface area contributed by atoms with Crippen LogP contribution in [0.4, 0.5) is 5.69 Å². The van der Waals surface area contributed by atoms with Crippen LogP contribution in [0.15, 0.2) is 73.3 Å². The summed E-state index contributed by atoms with van der Waals surface area (Å²) in [5.41, 5.74) is 4.53. The Morgan fingerprint density at radius 1 is 1.15 bits per heavy atom. The van der Waals surface area contributed by atoms with Crippen LogP contribution in [0.1, 0.15) is 34.7 Å². The number of nitro benzene ring substituents is 1. The van der Waals surface area contributed by atoms with E-state index in [4.69, 9.17) is 9.47 Å². The number of benzene rings is 3. The van der Waals surface area contributed by atoms with Gasteiger partial charge in [0.25, 0.3) is 5.69 Å². The highest BCUT2D eigenvalue weighted by atomic mass is 16.6. The molecule has 0 atom stereocenters. The van der Waals surface area contributed by atoms with Crippen molar-refractivity contribution in [2.24, 2.45) is 0 Å². The van der Waals surface area contributed by atoms with Crippen LogP contribution in [-0.2, 0) is 13.0 Å². The summed E-state index contributed by atoms with van der Waals surface area (Å²) in [7, 11) is 0. The van der Waals surface area contributed by atoms with Gasteiger partial charge in [-0.3, -0.25) is 10.1 Å². The molecule has 34 heavy (non-hydrogen) atoms. The Morgan fingerprint density at radius 3 is 2.56 bits per heavy atom. The molecule has 0 aliphatic carbocycles. The van der Waals surface area contributed by atoms with Gasteiger partial charge in [0, 0.05) is 17.7 Å². The predicted molar refractivity (Wildman–Crippen MR) is 134 cm³/mol. The third-order valence-electron chi connectivity index (χ3n) is 5.12. The Kier molecular flexibility index (Phi) is 8.20. The lowest BCUT2D eigenvalue weighted by Gasteiger charge is -2.17. The first kappa shape index (κ1) is 24.3. The van der Waals surface area contributed by atoms with Crippen molar-refractivity contribution in [1.29, 1.82) is 5.26 Å². The van der Waals surface area contributed by atoms with E-state index in [1.165, 1.54) is 17.7 Å². The van der Waals surface area contributed by atoms with E-state index in [2.05, 4.69) is 12.6 Å². The predicted octanol–water partition coefficient (Wildman–Crippen LogP) is 6.67. The van der Waals surface area contributed by atoms with Crippen molar-refractivity contribution in [2.45, 2.75) is 26.9 Å². The van der Waals surface area contributed by atoms with Crippen molar-refractivity contribution in [3.8, 4) is 17.6 Å². The summed E-state index contributed by atoms with van der Waals surface area (Å²) in [6.07, 6.45) is 4.02. The fraction of sp³-hybridized carbons (Fsp3) is 0.179. The lowest BCUT2D eigenvalue weighted by atomic mass is 10.0. The second-order valence-electron chi connectivity index (χ2n) is 7.68. The molecule has 0 fully saturated rings. The van der Waals surface area contributed by atoms with Crippen LogP contribution in [0.5, 0.6) is 11.5 Å². The van der Waals surface area contributed by atoms with Crippen LogP contribution >= 0.6 is 0 Å². The first-order valence-electron chi connectivity index (χ1n) is 10.9. The molecule has 6 heteroatoms. The van der Waals surface area contributed by atoms with Crippen LogP contribution in [0.3, 0.4) is 0 Å². The molecule has 3 rings (SSSR count). The van der Waals surface area contributed by atoms with Crippen molar-refractivity contribution < 1.29 is 14.4 Å². The molecular weight excluding hydrogens is 428 g/mol. The highest BCUT2D eigenvalue weighted by Crippen LogP contribution is 2.36. The van der Waals surface area contributed by atoms with E-state index in [1.807, 2.05) is 50.2 Å². The van der Waals surface area contributed by atoms with Gasteiger partial charge in [-0.15, -0.1) is 6.58 Å². The molecule has 0 aliphatic rings. The Labute approximate surface area is 199 Å². The van der Waals surface area contributed by atoms with E-state index < -0.39 is 4.92 Å². The zero-order valence-corrected chi connectivity index (χ0v) is 19.3. The van der Waals surface area contributed by atoms with Gasteiger partial charge < -0.3 is 9.47 Å². The first-order valence-corrected chi connectivity index (χ1v) is 10.9. The number of nitrogens with zero attached hydrogens (tertiary/aromatic N) is 2. The van der Waals surface area contributed by atoms with Crippen molar-refractivity contribution in [1.82, 2.24) is 0 Å². The van der Waals surface area contributed by atoms with Gasteiger partial charge in [-0.25, -0.2) is 0 Å². The van der Waals surface area contributed by atoms with Gasteiger partial charge in [0.2, 0.25) is 0 Å². The Morgan fingerprint density at radius 2 is 1.91 bits per heavy atom. The number of hydrogen-bond donors (Lipinski definition) is 0. The number of nitriles is 1. The molecule has 0 N–H and O–H groups in total. The SMILES string of the molecule is C=CCc1cc(C=C(C#N)c2cccc([N+](=O)[O-])c2)cc(OCC)c1OCc1ccc(C)cc1. The van der Waals surface area contributed by atoms with E-state index in [1.54, 1.807) is 24.3 Å². The van der Waals surface area contributed by atoms with E-state index in [-0.39, 0.29) is 5.69 Å². The maximum Gasteiger partial charge on any atom is 0.270 e. The molecule has 3 aromatic carbocycles. The molecule has 0 aliphatic heterocycles. The van der Waals surface area contributed by atoms with Crippen molar-refractivity contribution in [2.75, 3.05) is 6.61 Å². The van der Waals surface area contributed by atoms with Crippen molar-refractivity contribution in [3.05, 3.63) is 111 Å². The Balaban J connectivity index is 2.01. The van der Waals surface area contributed by atoms with E-state index >= 15 is 0 Å². The maximum atomic E-state index is 11.1. The van der Waals surface area contributed by atoms with Gasteiger partial charge in [-0.05, 0) is 55.2 Å². The minimum Gasteiger partial charge on any atom is -0.490 e. The second kappa shape index (κ2) is 11.5. The average molecular weight is 455 g/mol. The van der Waals surface area contributed by atoms with Crippen LogP contribution < -0.4 is 9.47 Å². The number of non-ortho nitro benzene ring substituents is 1. The normalized spacial score (nSPS) is 10.9. The molecule has 6 nitrogen and oxygen atoms in total. The highest BCUT2D eigenvalue weighted by molar-refractivity contribution is 5.90. The molecule has 0 bridgehead atoms. The fourth-order valence-electron chi connectivity index (χ4n) is 3.47. The molecule has 0 unspecified atom stereocenters. The second-order valence-corrected chi connectivity index (χ2v) is 7.68. The number of hydrogen-bond acceptors (Lipinski definition) is 5. The number of rotatable bonds is 10. The van der Waals surface area contributed by atoms with Gasteiger partial charge in [0.1, 0.15) is 6.61 Å². The molecule has 0 heterocycles. The third-order valence-corrected chi connectivity index (χ3v) is 5.12. The lowest BCUT2D eigenvalue weighted by molar-refractivity contribution is -0.384. The zero-order valence-electron chi connectivity index (χ0n) is 19.3. The molecular formula is C28H26N2O4. The number of aryl methyl sites for hydroxylation is 1. The number of nitro groups is 1. The summed E-state index contributed by atoms with van der Waals surface area (Å²) in [4.78, 5) is 10.7. The summed E-state index contributed by atoms with van der Waals surface area (Å²) in [5, 5.41) is 20.9. The Bertz CT molecular complexity index is 1250. The van der Waals surface area contributed by atoms with Crippen molar-refractivity contribution in [3.63, 3.8) is 0 Å². The maximum absolute atomic E-state index is 11.1. The standard InChI is InChI=1S/C28H26N2O4/c1-4-7-24-14-22(15-25(18-29)23-8-6-9-26(17-23)30(31)32)16-27(33-5-2)28(24)34-19-21-12-10-20(3)11-13-21/h4,6,8-17H,1,5,7,19H2,2-3H3. The van der Waals surface area contributed by atoms with E-state index in [0.717, 1.165) is 16.7 Å². The van der Waals surface area contributed by atoms with Gasteiger partial charge in [-0.2, -0.15) is 5.26 Å². The van der Waals surface area contributed by atoms with Gasteiger partial charge in [0.05, 0.1) is 23.2 Å². The average Bonchev–Trinajstić information content (AvgIpc) is 2.83. The first-order chi connectivity index (χ1) is 16.4. The summed E-state index contributed by atoms with van der Waals surface area (Å²) in [6, 6.07) is 20.0. The molecule has 172 valence electrons. The smallest absolute Gasteiger partial charge is 0.270 e. The topological polar surface area (TPSA) is 85.4 Å². The van der Waals surface area contributed by atoms with Crippen LogP contribution in [-0.4, -0.2) is 11.5 Å². The monoisotopic (exact) mass is 454 g/mol. The minimum atomic E-state index is -0.478. The summed E-state index contributed by atoms with van der Waals surface area (Å²) >= 11 is 0. The largest absolute Gasteiger partial charge is 0.490 e. The molecule has 0 spiro atoms. The molecule has 0 saturated heterocycles. The van der Waals surface area contributed by atoms with E-state index in [0.29, 0.717) is 42.3 Å². The molecule has 0 aromatic heterocycles. The summed E-state index contributed by atoms with van der Waals surface area (Å²) in [6.45, 7) is 8.61.